The largest absolute Gasteiger partial charge is 0.396 e. The molecule has 168 valence electrons. The second-order valence-corrected chi connectivity index (χ2v) is 13.1. The third-order valence-electron chi connectivity index (χ3n) is 11.8. The zero-order chi connectivity index (χ0) is 21.0. The fourth-order valence-corrected chi connectivity index (χ4v) is 9.58. The van der Waals surface area contributed by atoms with Crippen molar-refractivity contribution >= 4 is 0 Å². The molecule has 10 atom stereocenters. The zero-order valence-electron chi connectivity index (χ0n) is 20.4. The molecule has 0 aromatic rings. The van der Waals surface area contributed by atoms with Gasteiger partial charge in [0.05, 0.1) is 0 Å². The lowest BCUT2D eigenvalue weighted by Crippen LogP contribution is -2.51. The molecule has 0 aliphatic heterocycles. The minimum atomic E-state index is 0.438. The summed E-state index contributed by atoms with van der Waals surface area (Å²) in [5.41, 5.74) is 1.15. The maximum atomic E-state index is 9.93. The second-order valence-electron chi connectivity index (χ2n) is 13.1. The number of rotatable bonds is 6. The minimum Gasteiger partial charge on any atom is -0.396 e. The smallest absolute Gasteiger partial charge is 0.0462 e. The van der Waals surface area contributed by atoms with Crippen molar-refractivity contribution in [3.05, 3.63) is 0 Å². The summed E-state index contributed by atoms with van der Waals surface area (Å²) in [5, 5.41) is 9.93. The molecule has 4 fully saturated rings. The maximum absolute atomic E-state index is 9.93. The van der Waals surface area contributed by atoms with Crippen LogP contribution in [0.1, 0.15) is 106 Å². The van der Waals surface area contributed by atoms with Crippen molar-refractivity contribution < 1.29 is 5.11 Å². The van der Waals surface area contributed by atoms with Gasteiger partial charge in [0.1, 0.15) is 0 Å². The highest BCUT2D eigenvalue weighted by Crippen LogP contribution is 2.69. The molecule has 0 saturated heterocycles. The summed E-state index contributed by atoms with van der Waals surface area (Å²) < 4.78 is 0. The molecular weight excluding hydrogens is 352 g/mol. The SMILES string of the molecule is CC(C)C(C)CC[C@@H](C)C1CCC2C3CC[C@H]4[C@@H](CO)CC[C@]4(C)C3CC[C@@]21C. The van der Waals surface area contributed by atoms with Gasteiger partial charge in [-0.15, -0.1) is 0 Å². The molecule has 5 unspecified atom stereocenters. The average Bonchev–Trinajstić information content (AvgIpc) is 3.22. The van der Waals surface area contributed by atoms with Crippen LogP contribution in [0.4, 0.5) is 0 Å². The fraction of sp³-hybridized carbons (Fsp3) is 1.00. The van der Waals surface area contributed by atoms with E-state index in [9.17, 15) is 5.11 Å². The highest BCUT2D eigenvalue weighted by atomic mass is 16.3. The lowest BCUT2D eigenvalue weighted by molar-refractivity contribution is -0.0976. The highest BCUT2D eigenvalue weighted by Gasteiger charge is 2.61. The summed E-state index contributed by atoms with van der Waals surface area (Å²) in [6.45, 7) is 15.6. The molecule has 0 radical (unpaired) electrons. The van der Waals surface area contributed by atoms with E-state index in [-0.39, 0.29) is 0 Å². The van der Waals surface area contributed by atoms with Gasteiger partial charge in [-0.05, 0) is 115 Å². The Hall–Kier alpha value is -0.0400. The number of fused-ring (bicyclic) bond motifs is 5. The second kappa shape index (κ2) is 8.14. The van der Waals surface area contributed by atoms with Crippen molar-refractivity contribution in [3.8, 4) is 0 Å². The van der Waals surface area contributed by atoms with E-state index in [0.29, 0.717) is 23.4 Å². The van der Waals surface area contributed by atoms with E-state index < -0.39 is 0 Å². The average molecular weight is 403 g/mol. The molecule has 0 aromatic heterocycles. The Bertz CT molecular complexity index is 569. The van der Waals surface area contributed by atoms with Gasteiger partial charge in [-0.3, -0.25) is 0 Å². The first kappa shape index (κ1) is 22.2. The van der Waals surface area contributed by atoms with Crippen molar-refractivity contribution in [2.75, 3.05) is 6.61 Å². The van der Waals surface area contributed by atoms with Crippen LogP contribution in [0.5, 0.6) is 0 Å². The lowest BCUT2D eigenvalue weighted by Gasteiger charge is -2.58. The van der Waals surface area contributed by atoms with Crippen molar-refractivity contribution in [1.29, 1.82) is 0 Å². The summed E-state index contributed by atoms with van der Waals surface area (Å²) in [6.07, 6.45) is 14.4. The van der Waals surface area contributed by atoms with Crippen LogP contribution in [0.2, 0.25) is 0 Å². The normalized spacial score (nSPS) is 48.8. The first-order valence-electron chi connectivity index (χ1n) is 13.3. The standard InChI is InChI=1S/C28H50O/c1-18(2)19(3)7-8-20(4)23-11-12-25-22-9-10-24-21(17-29)13-15-28(24,6)26(22)14-16-27(23,25)5/h18-26,29H,7-17H2,1-6H3/t19?,20-,21-,22?,23?,24+,25?,26?,27-,28+/m1/s1. The van der Waals surface area contributed by atoms with Crippen LogP contribution >= 0.6 is 0 Å². The molecule has 29 heavy (non-hydrogen) atoms. The molecule has 1 nitrogen and oxygen atoms in total. The molecule has 0 bridgehead atoms. The van der Waals surface area contributed by atoms with Crippen LogP contribution in [0.15, 0.2) is 0 Å². The van der Waals surface area contributed by atoms with Gasteiger partial charge in [0.15, 0.2) is 0 Å². The quantitative estimate of drug-likeness (QED) is 0.485. The summed E-state index contributed by atoms with van der Waals surface area (Å²) in [5.74, 6) is 7.91. The zero-order valence-corrected chi connectivity index (χ0v) is 20.4. The number of aliphatic hydroxyl groups is 1. The Kier molecular flexibility index (Phi) is 6.22. The summed E-state index contributed by atoms with van der Waals surface area (Å²) >= 11 is 0. The Labute approximate surface area is 181 Å². The maximum Gasteiger partial charge on any atom is 0.0462 e. The van der Waals surface area contributed by atoms with Gasteiger partial charge in [-0.25, -0.2) is 0 Å². The van der Waals surface area contributed by atoms with E-state index >= 15 is 0 Å². The van der Waals surface area contributed by atoms with Crippen LogP contribution in [-0.2, 0) is 0 Å². The summed E-state index contributed by atoms with van der Waals surface area (Å²) in [7, 11) is 0. The molecule has 0 amide bonds. The van der Waals surface area contributed by atoms with Crippen LogP contribution in [0.25, 0.3) is 0 Å². The van der Waals surface area contributed by atoms with Crippen molar-refractivity contribution in [1.82, 2.24) is 0 Å². The number of aliphatic hydroxyl groups excluding tert-OH is 1. The predicted octanol–water partition coefficient (Wildman–Crippen LogP) is 7.57. The van der Waals surface area contributed by atoms with E-state index in [0.717, 1.165) is 47.3 Å². The van der Waals surface area contributed by atoms with E-state index in [4.69, 9.17) is 0 Å². The summed E-state index contributed by atoms with van der Waals surface area (Å²) in [4.78, 5) is 0. The predicted molar refractivity (Wildman–Crippen MR) is 124 cm³/mol. The van der Waals surface area contributed by atoms with Crippen LogP contribution < -0.4 is 0 Å². The molecule has 4 rings (SSSR count). The molecule has 0 spiro atoms. The van der Waals surface area contributed by atoms with Gasteiger partial charge in [0, 0.05) is 6.61 Å². The molecule has 0 aromatic carbocycles. The van der Waals surface area contributed by atoms with Gasteiger partial charge in [0.25, 0.3) is 0 Å². The molecule has 4 aliphatic carbocycles. The van der Waals surface area contributed by atoms with Gasteiger partial charge >= 0.3 is 0 Å². The minimum absolute atomic E-state index is 0.438. The van der Waals surface area contributed by atoms with Gasteiger partial charge in [-0.2, -0.15) is 0 Å². The Morgan fingerprint density at radius 2 is 1.41 bits per heavy atom. The van der Waals surface area contributed by atoms with Gasteiger partial charge in [0.2, 0.25) is 0 Å². The van der Waals surface area contributed by atoms with E-state index in [1.165, 1.54) is 64.2 Å². The van der Waals surface area contributed by atoms with Crippen LogP contribution in [0.3, 0.4) is 0 Å². The Balaban J connectivity index is 1.46. The van der Waals surface area contributed by atoms with Gasteiger partial charge < -0.3 is 5.11 Å². The summed E-state index contributed by atoms with van der Waals surface area (Å²) in [6, 6.07) is 0. The first-order valence-corrected chi connectivity index (χ1v) is 13.3. The monoisotopic (exact) mass is 402 g/mol. The Morgan fingerprint density at radius 3 is 2.10 bits per heavy atom. The molecule has 0 heterocycles. The van der Waals surface area contributed by atoms with Crippen molar-refractivity contribution in [2.24, 2.45) is 64.1 Å². The van der Waals surface area contributed by atoms with E-state index in [1.807, 2.05) is 0 Å². The molecule has 1 N–H and O–H groups in total. The van der Waals surface area contributed by atoms with Crippen molar-refractivity contribution in [2.45, 2.75) is 106 Å². The Morgan fingerprint density at radius 1 is 0.759 bits per heavy atom. The third-order valence-corrected chi connectivity index (χ3v) is 11.8. The van der Waals surface area contributed by atoms with Crippen molar-refractivity contribution in [3.63, 3.8) is 0 Å². The van der Waals surface area contributed by atoms with E-state index in [2.05, 4.69) is 41.5 Å². The molecular formula is C28H50O. The number of hydrogen-bond donors (Lipinski definition) is 1. The highest BCUT2D eigenvalue weighted by molar-refractivity contribution is 5.10. The number of hydrogen-bond acceptors (Lipinski definition) is 1. The van der Waals surface area contributed by atoms with Gasteiger partial charge in [-0.1, -0.05) is 54.4 Å². The third kappa shape index (κ3) is 3.54. The molecule has 1 heteroatoms. The molecule has 4 aliphatic rings. The van der Waals surface area contributed by atoms with Crippen LogP contribution in [0, 0.1) is 64.1 Å². The lowest BCUT2D eigenvalue weighted by atomic mass is 9.46. The van der Waals surface area contributed by atoms with E-state index in [1.54, 1.807) is 0 Å². The topological polar surface area (TPSA) is 20.2 Å². The fourth-order valence-electron chi connectivity index (χ4n) is 9.58. The van der Waals surface area contributed by atoms with Crippen LogP contribution in [-0.4, -0.2) is 11.7 Å². The molecule has 4 saturated carbocycles. The first-order chi connectivity index (χ1) is 13.7.